The van der Waals surface area contributed by atoms with Crippen molar-refractivity contribution in [1.82, 2.24) is 0 Å². The summed E-state index contributed by atoms with van der Waals surface area (Å²) in [4.78, 5) is 0. The van der Waals surface area contributed by atoms with E-state index in [1.54, 1.807) is 7.11 Å². The molecule has 0 saturated heterocycles. The van der Waals surface area contributed by atoms with Gasteiger partial charge in [0.15, 0.2) is 0 Å². The molecule has 1 N–H and O–H groups in total. The highest BCUT2D eigenvalue weighted by molar-refractivity contribution is 5.35. The van der Waals surface area contributed by atoms with Gasteiger partial charge >= 0.3 is 0 Å². The van der Waals surface area contributed by atoms with E-state index in [-0.39, 0.29) is 5.60 Å². The molecule has 0 amide bonds. The van der Waals surface area contributed by atoms with E-state index in [2.05, 4.69) is 0 Å². The zero-order valence-corrected chi connectivity index (χ0v) is 11.8. The third kappa shape index (κ3) is 4.31. The first-order chi connectivity index (χ1) is 8.50. The molecule has 1 atom stereocenters. The van der Waals surface area contributed by atoms with Gasteiger partial charge in [-0.05, 0) is 39.7 Å². The molecule has 0 aliphatic rings. The van der Waals surface area contributed by atoms with Crippen LogP contribution in [-0.4, -0.2) is 24.4 Å². The summed E-state index contributed by atoms with van der Waals surface area (Å²) in [6.45, 7) is 6.59. The van der Waals surface area contributed by atoms with Crippen LogP contribution in [0.15, 0.2) is 24.3 Å². The van der Waals surface area contributed by atoms with Crippen LogP contribution < -0.4 is 4.74 Å². The molecule has 1 unspecified atom stereocenters. The first-order valence-corrected chi connectivity index (χ1v) is 6.45. The summed E-state index contributed by atoms with van der Waals surface area (Å²) < 4.78 is 10.9. The molecule has 0 heterocycles. The minimum atomic E-state index is -0.512. The van der Waals surface area contributed by atoms with Gasteiger partial charge in [-0.1, -0.05) is 18.2 Å². The van der Waals surface area contributed by atoms with Gasteiger partial charge in [0, 0.05) is 12.7 Å². The SMILES string of the molecule is CCOc1ccccc1C(O)CCC(C)(C)OC. The van der Waals surface area contributed by atoms with Gasteiger partial charge in [0.25, 0.3) is 0 Å². The maximum Gasteiger partial charge on any atom is 0.125 e. The number of rotatable bonds is 7. The summed E-state index contributed by atoms with van der Waals surface area (Å²) in [5.74, 6) is 0.766. The van der Waals surface area contributed by atoms with Crippen LogP contribution in [0, 0.1) is 0 Å². The van der Waals surface area contributed by atoms with Gasteiger partial charge in [-0.3, -0.25) is 0 Å². The summed E-state index contributed by atoms with van der Waals surface area (Å²) in [7, 11) is 1.69. The molecule has 0 aromatic heterocycles. The summed E-state index contributed by atoms with van der Waals surface area (Å²) in [6.07, 6.45) is 0.943. The van der Waals surface area contributed by atoms with Crippen molar-refractivity contribution in [3.05, 3.63) is 29.8 Å². The molecule has 0 radical (unpaired) electrons. The molecular formula is C15H24O3. The van der Waals surface area contributed by atoms with Crippen molar-refractivity contribution in [3.63, 3.8) is 0 Å². The van der Waals surface area contributed by atoms with Crippen LogP contribution in [0.1, 0.15) is 45.3 Å². The van der Waals surface area contributed by atoms with Gasteiger partial charge in [0.2, 0.25) is 0 Å². The molecular weight excluding hydrogens is 228 g/mol. The average Bonchev–Trinajstić information content (AvgIpc) is 2.37. The molecule has 0 bridgehead atoms. The Morgan fingerprint density at radius 3 is 2.56 bits per heavy atom. The van der Waals surface area contributed by atoms with E-state index in [9.17, 15) is 5.11 Å². The Morgan fingerprint density at radius 1 is 1.28 bits per heavy atom. The second-order valence-corrected chi connectivity index (χ2v) is 4.99. The molecule has 3 heteroatoms. The summed E-state index contributed by atoms with van der Waals surface area (Å²) in [6, 6.07) is 7.64. The molecule has 102 valence electrons. The molecule has 0 fully saturated rings. The monoisotopic (exact) mass is 252 g/mol. The minimum absolute atomic E-state index is 0.207. The van der Waals surface area contributed by atoms with E-state index in [1.807, 2.05) is 45.0 Å². The van der Waals surface area contributed by atoms with Crippen LogP contribution in [0.5, 0.6) is 5.75 Å². The number of hydrogen-bond donors (Lipinski definition) is 1. The first-order valence-electron chi connectivity index (χ1n) is 6.45. The topological polar surface area (TPSA) is 38.7 Å². The third-order valence-electron chi connectivity index (χ3n) is 3.15. The standard InChI is InChI=1S/C15H24O3/c1-5-18-14-9-7-6-8-12(14)13(16)10-11-15(2,3)17-4/h6-9,13,16H,5,10-11H2,1-4H3. The number of benzene rings is 1. The molecule has 1 aromatic rings. The molecule has 0 aliphatic heterocycles. The summed E-state index contributed by atoms with van der Waals surface area (Å²) in [5, 5.41) is 10.3. The Labute approximate surface area is 110 Å². The number of aliphatic hydroxyl groups is 1. The average molecular weight is 252 g/mol. The van der Waals surface area contributed by atoms with E-state index in [4.69, 9.17) is 9.47 Å². The molecule has 0 spiro atoms. The lowest BCUT2D eigenvalue weighted by Gasteiger charge is -2.24. The highest BCUT2D eigenvalue weighted by Gasteiger charge is 2.20. The lowest BCUT2D eigenvalue weighted by Crippen LogP contribution is -2.23. The second kappa shape index (κ2) is 6.76. The largest absolute Gasteiger partial charge is 0.493 e. The Hall–Kier alpha value is -1.06. The van der Waals surface area contributed by atoms with Crippen molar-refractivity contribution in [2.24, 2.45) is 0 Å². The molecule has 0 saturated carbocycles. The Balaban J connectivity index is 2.69. The van der Waals surface area contributed by atoms with Gasteiger partial charge in [-0.2, -0.15) is 0 Å². The van der Waals surface area contributed by atoms with Gasteiger partial charge in [-0.15, -0.1) is 0 Å². The Bertz CT molecular complexity index is 361. The van der Waals surface area contributed by atoms with E-state index in [0.717, 1.165) is 17.7 Å². The van der Waals surface area contributed by atoms with Crippen LogP contribution in [0.2, 0.25) is 0 Å². The highest BCUT2D eigenvalue weighted by Crippen LogP contribution is 2.30. The predicted octanol–water partition coefficient (Wildman–Crippen LogP) is 3.32. The van der Waals surface area contributed by atoms with Crippen molar-refractivity contribution in [3.8, 4) is 5.75 Å². The fraction of sp³-hybridized carbons (Fsp3) is 0.600. The van der Waals surface area contributed by atoms with Crippen LogP contribution in [0.25, 0.3) is 0 Å². The van der Waals surface area contributed by atoms with Crippen LogP contribution >= 0.6 is 0 Å². The number of ether oxygens (including phenoxy) is 2. The summed E-state index contributed by atoms with van der Waals surface area (Å²) >= 11 is 0. The first kappa shape index (κ1) is 15.0. The van der Waals surface area contributed by atoms with Crippen molar-refractivity contribution in [2.75, 3.05) is 13.7 Å². The molecule has 1 rings (SSSR count). The van der Waals surface area contributed by atoms with E-state index < -0.39 is 6.10 Å². The van der Waals surface area contributed by atoms with Gasteiger partial charge in [0.1, 0.15) is 5.75 Å². The maximum atomic E-state index is 10.3. The lowest BCUT2D eigenvalue weighted by atomic mass is 9.96. The van der Waals surface area contributed by atoms with Crippen molar-refractivity contribution < 1.29 is 14.6 Å². The number of hydrogen-bond acceptors (Lipinski definition) is 3. The molecule has 1 aromatic carbocycles. The van der Waals surface area contributed by atoms with Crippen molar-refractivity contribution >= 4 is 0 Å². The van der Waals surface area contributed by atoms with Gasteiger partial charge < -0.3 is 14.6 Å². The van der Waals surface area contributed by atoms with Gasteiger partial charge in [-0.25, -0.2) is 0 Å². The molecule has 3 nitrogen and oxygen atoms in total. The van der Waals surface area contributed by atoms with E-state index in [1.165, 1.54) is 0 Å². The van der Waals surface area contributed by atoms with Crippen molar-refractivity contribution in [2.45, 2.75) is 45.3 Å². The van der Waals surface area contributed by atoms with E-state index in [0.29, 0.717) is 13.0 Å². The fourth-order valence-corrected chi connectivity index (χ4v) is 1.78. The zero-order valence-electron chi connectivity index (χ0n) is 11.8. The molecule has 0 aliphatic carbocycles. The molecule has 18 heavy (non-hydrogen) atoms. The quantitative estimate of drug-likeness (QED) is 0.809. The van der Waals surface area contributed by atoms with Crippen molar-refractivity contribution in [1.29, 1.82) is 0 Å². The normalized spacial score (nSPS) is 13.4. The highest BCUT2D eigenvalue weighted by atomic mass is 16.5. The summed E-state index contributed by atoms with van der Waals surface area (Å²) in [5.41, 5.74) is 0.646. The smallest absolute Gasteiger partial charge is 0.125 e. The zero-order chi connectivity index (χ0) is 13.6. The van der Waals surface area contributed by atoms with Crippen LogP contribution in [0.4, 0.5) is 0 Å². The third-order valence-corrected chi connectivity index (χ3v) is 3.15. The number of para-hydroxylation sites is 1. The minimum Gasteiger partial charge on any atom is -0.493 e. The number of aliphatic hydroxyl groups excluding tert-OH is 1. The number of methoxy groups -OCH3 is 1. The fourth-order valence-electron chi connectivity index (χ4n) is 1.78. The van der Waals surface area contributed by atoms with Crippen LogP contribution in [-0.2, 0) is 4.74 Å². The van der Waals surface area contributed by atoms with Crippen LogP contribution in [0.3, 0.4) is 0 Å². The second-order valence-electron chi connectivity index (χ2n) is 4.99. The Kier molecular flexibility index (Phi) is 5.63. The Morgan fingerprint density at radius 2 is 1.94 bits per heavy atom. The van der Waals surface area contributed by atoms with E-state index >= 15 is 0 Å². The van der Waals surface area contributed by atoms with Gasteiger partial charge in [0.05, 0.1) is 18.3 Å². The predicted molar refractivity (Wildman–Crippen MR) is 72.9 cm³/mol. The lowest BCUT2D eigenvalue weighted by molar-refractivity contribution is 0.00255. The maximum absolute atomic E-state index is 10.3.